The van der Waals surface area contributed by atoms with Crippen LogP contribution in [0.4, 0.5) is 10.5 Å². The Morgan fingerprint density at radius 3 is 2.34 bits per heavy atom. The summed E-state index contributed by atoms with van der Waals surface area (Å²) in [5.74, 6) is 1.31. The van der Waals surface area contributed by atoms with E-state index in [4.69, 9.17) is 0 Å². The minimum absolute atomic E-state index is 0.0252. The number of amides is 2. The first kappa shape index (κ1) is 20.7. The Hall–Kier alpha value is -3.22. The van der Waals surface area contributed by atoms with Crippen molar-refractivity contribution >= 4 is 17.9 Å². The van der Waals surface area contributed by atoms with Gasteiger partial charge in [0.05, 0.1) is 11.1 Å². The van der Waals surface area contributed by atoms with E-state index in [1.807, 2.05) is 0 Å². The van der Waals surface area contributed by atoms with Crippen LogP contribution < -0.4 is 10.7 Å². The molecule has 4 aliphatic rings. The SMILES string of the molecule is Cc1ccc(C23CC4CC(CC(NC(=O)NN=Cc5ccc([N+](=O)[O-])cc5)(C4)C2)C3)cc1. The van der Waals surface area contributed by atoms with E-state index >= 15 is 0 Å². The lowest BCUT2D eigenvalue weighted by Gasteiger charge is -2.62. The summed E-state index contributed by atoms with van der Waals surface area (Å²) < 4.78 is 0. The summed E-state index contributed by atoms with van der Waals surface area (Å²) >= 11 is 0. The van der Waals surface area contributed by atoms with Crippen LogP contribution in [0.5, 0.6) is 0 Å². The molecule has 7 heteroatoms. The van der Waals surface area contributed by atoms with Crippen LogP contribution in [0, 0.1) is 28.9 Å². The van der Waals surface area contributed by atoms with Gasteiger partial charge in [0.15, 0.2) is 0 Å². The number of hydrogen-bond donors (Lipinski definition) is 2. The molecule has 2 atom stereocenters. The van der Waals surface area contributed by atoms with E-state index in [1.54, 1.807) is 12.1 Å². The predicted octanol–water partition coefficient (Wildman–Crippen LogP) is 4.83. The highest BCUT2D eigenvalue weighted by molar-refractivity contribution is 5.82. The molecule has 6 rings (SSSR count). The molecule has 2 aromatic carbocycles. The van der Waals surface area contributed by atoms with Crippen molar-refractivity contribution in [1.82, 2.24) is 10.7 Å². The van der Waals surface area contributed by atoms with Crippen LogP contribution in [0.15, 0.2) is 53.6 Å². The van der Waals surface area contributed by atoms with Crippen molar-refractivity contribution in [3.63, 3.8) is 0 Å². The second-order valence-electron chi connectivity index (χ2n) is 10.1. The lowest BCUT2D eigenvalue weighted by atomic mass is 9.45. The molecule has 4 fully saturated rings. The number of benzene rings is 2. The summed E-state index contributed by atoms with van der Waals surface area (Å²) in [6, 6.07) is 14.7. The number of nitro groups is 1. The third-order valence-corrected chi connectivity index (χ3v) is 7.59. The van der Waals surface area contributed by atoms with Crippen LogP contribution in [0.25, 0.3) is 0 Å². The number of hydrazone groups is 1. The first-order chi connectivity index (χ1) is 15.3. The van der Waals surface area contributed by atoms with Crippen molar-refractivity contribution in [2.75, 3.05) is 0 Å². The molecule has 7 nitrogen and oxygen atoms in total. The van der Waals surface area contributed by atoms with Gasteiger partial charge in [-0.05, 0) is 86.0 Å². The number of carbonyl (C=O) groups is 1. The van der Waals surface area contributed by atoms with Gasteiger partial charge in [-0.25, -0.2) is 10.2 Å². The van der Waals surface area contributed by atoms with Gasteiger partial charge in [0.2, 0.25) is 0 Å². The Balaban J connectivity index is 1.27. The summed E-state index contributed by atoms with van der Waals surface area (Å²) in [4.78, 5) is 23.0. The molecule has 2 aromatic rings. The number of hydrogen-bond acceptors (Lipinski definition) is 4. The molecule has 166 valence electrons. The van der Waals surface area contributed by atoms with Crippen molar-refractivity contribution in [2.24, 2.45) is 16.9 Å². The van der Waals surface area contributed by atoms with Gasteiger partial charge in [-0.2, -0.15) is 5.10 Å². The fourth-order valence-corrected chi connectivity index (χ4v) is 6.77. The van der Waals surface area contributed by atoms with Crippen molar-refractivity contribution in [3.05, 3.63) is 75.3 Å². The van der Waals surface area contributed by atoms with E-state index in [2.05, 4.69) is 47.0 Å². The largest absolute Gasteiger partial charge is 0.335 e. The van der Waals surface area contributed by atoms with Crippen molar-refractivity contribution < 1.29 is 9.72 Å². The number of nitrogens with zero attached hydrogens (tertiary/aromatic N) is 2. The highest BCUT2D eigenvalue weighted by atomic mass is 16.6. The average molecular weight is 433 g/mol. The van der Waals surface area contributed by atoms with Crippen molar-refractivity contribution in [1.29, 1.82) is 0 Å². The van der Waals surface area contributed by atoms with E-state index in [9.17, 15) is 14.9 Å². The van der Waals surface area contributed by atoms with E-state index < -0.39 is 4.92 Å². The van der Waals surface area contributed by atoms with Crippen LogP contribution in [-0.4, -0.2) is 22.7 Å². The molecule has 4 saturated carbocycles. The molecule has 0 aliphatic heterocycles. The van der Waals surface area contributed by atoms with Gasteiger partial charge in [-0.1, -0.05) is 29.8 Å². The zero-order valence-corrected chi connectivity index (χ0v) is 18.2. The lowest BCUT2D eigenvalue weighted by molar-refractivity contribution is -0.384. The van der Waals surface area contributed by atoms with Crippen LogP contribution in [0.1, 0.15) is 55.2 Å². The normalized spacial score (nSPS) is 30.4. The molecule has 0 saturated heterocycles. The predicted molar refractivity (Wildman–Crippen MR) is 123 cm³/mol. The van der Waals surface area contributed by atoms with Crippen molar-refractivity contribution in [2.45, 2.75) is 56.4 Å². The quantitative estimate of drug-likeness (QED) is 0.402. The number of carbonyl (C=O) groups excluding carboxylic acids is 1. The monoisotopic (exact) mass is 432 g/mol. The molecule has 2 unspecified atom stereocenters. The van der Waals surface area contributed by atoms with Gasteiger partial charge in [-0.3, -0.25) is 10.1 Å². The van der Waals surface area contributed by atoms with Crippen LogP contribution in [0.2, 0.25) is 0 Å². The Bertz CT molecular complexity index is 1050. The van der Waals surface area contributed by atoms with Gasteiger partial charge < -0.3 is 5.32 Å². The topological polar surface area (TPSA) is 96.6 Å². The highest BCUT2D eigenvalue weighted by Gasteiger charge is 2.58. The third-order valence-electron chi connectivity index (χ3n) is 7.59. The Kier molecular flexibility index (Phi) is 4.99. The van der Waals surface area contributed by atoms with Crippen LogP contribution in [-0.2, 0) is 5.41 Å². The summed E-state index contributed by atoms with van der Waals surface area (Å²) in [7, 11) is 0. The maximum absolute atomic E-state index is 12.7. The highest BCUT2D eigenvalue weighted by Crippen LogP contribution is 2.62. The summed E-state index contributed by atoms with van der Waals surface area (Å²) in [5, 5.41) is 18.1. The summed E-state index contributed by atoms with van der Waals surface area (Å²) in [5.41, 5.74) is 5.97. The lowest BCUT2D eigenvalue weighted by Crippen LogP contribution is -2.65. The summed E-state index contributed by atoms with van der Waals surface area (Å²) in [6.45, 7) is 2.12. The van der Waals surface area contributed by atoms with Gasteiger partial charge in [-0.15, -0.1) is 0 Å². The van der Waals surface area contributed by atoms with E-state index in [0.717, 1.165) is 19.3 Å². The van der Waals surface area contributed by atoms with E-state index in [0.29, 0.717) is 17.4 Å². The molecule has 2 amide bonds. The molecular weight excluding hydrogens is 404 g/mol. The summed E-state index contributed by atoms with van der Waals surface area (Å²) in [6.07, 6.45) is 8.27. The maximum atomic E-state index is 12.7. The molecule has 32 heavy (non-hydrogen) atoms. The minimum Gasteiger partial charge on any atom is -0.331 e. The second kappa shape index (κ2) is 7.73. The molecule has 4 aliphatic carbocycles. The zero-order chi connectivity index (χ0) is 22.3. The maximum Gasteiger partial charge on any atom is 0.335 e. The molecule has 2 N–H and O–H groups in total. The molecular formula is C25H28N4O3. The Morgan fingerprint density at radius 1 is 1.06 bits per heavy atom. The smallest absolute Gasteiger partial charge is 0.331 e. The van der Waals surface area contributed by atoms with Crippen molar-refractivity contribution in [3.8, 4) is 0 Å². The Morgan fingerprint density at radius 2 is 1.72 bits per heavy atom. The number of urea groups is 1. The first-order valence-corrected chi connectivity index (χ1v) is 11.3. The molecule has 0 spiro atoms. The van der Waals surface area contributed by atoms with Crippen LogP contribution >= 0.6 is 0 Å². The molecule has 0 aromatic heterocycles. The van der Waals surface area contributed by atoms with Gasteiger partial charge >= 0.3 is 6.03 Å². The number of nitrogens with one attached hydrogen (secondary N) is 2. The average Bonchev–Trinajstić information content (AvgIpc) is 2.73. The zero-order valence-electron chi connectivity index (χ0n) is 18.2. The molecule has 0 heterocycles. The minimum atomic E-state index is -0.443. The third kappa shape index (κ3) is 3.87. The second-order valence-corrected chi connectivity index (χ2v) is 10.1. The number of nitro benzene ring substituents is 1. The molecule has 4 bridgehead atoms. The fraction of sp³-hybridized carbons (Fsp3) is 0.440. The van der Waals surface area contributed by atoms with Crippen LogP contribution in [0.3, 0.4) is 0 Å². The molecule has 0 radical (unpaired) electrons. The van der Waals surface area contributed by atoms with E-state index in [1.165, 1.54) is 48.7 Å². The number of non-ortho nitro benzene ring substituents is 1. The number of aryl methyl sites for hydroxylation is 1. The fourth-order valence-electron chi connectivity index (χ4n) is 6.77. The Labute approximate surface area is 187 Å². The standard InChI is InChI=1S/C25H28N4O3/c1-17-2-6-21(7-3-17)24-11-19-10-20(12-24)14-25(13-19,16-24)27-23(30)28-26-15-18-4-8-22(9-5-18)29(31)32/h2-9,15,19-20H,10-14,16H2,1H3,(H2,27,28,30). The van der Waals surface area contributed by atoms with Gasteiger partial charge in [0, 0.05) is 17.7 Å². The first-order valence-electron chi connectivity index (χ1n) is 11.3. The van der Waals surface area contributed by atoms with Gasteiger partial charge in [0.25, 0.3) is 5.69 Å². The number of rotatable bonds is 5. The van der Waals surface area contributed by atoms with Gasteiger partial charge in [0.1, 0.15) is 0 Å². The van der Waals surface area contributed by atoms with E-state index in [-0.39, 0.29) is 22.7 Å².